The maximum Gasteiger partial charge on any atom is 0.307 e. The number of rotatable bonds is 9. The summed E-state index contributed by atoms with van der Waals surface area (Å²) in [5, 5.41) is 19.6. The van der Waals surface area contributed by atoms with Crippen molar-refractivity contribution in [3.05, 3.63) is 65.2 Å². The molecule has 0 spiro atoms. The molecule has 1 atom stereocenters. The molecule has 2 rings (SSSR count). The van der Waals surface area contributed by atoms with Gasteiger partial charge >= 0.3 is 5.97 Å². The van der Waals surface area contributed by atoms with Crippen LogP contribution in [0.5, 0.6) is 5.75 Å². The van der Waals surface area contributed by atoms with Gasteiger partial charge < -0.3 is 10.2 Å². The van der Waals surface area contributed by atoms with Gasteiger partial charge in [-0.15, -0.1) is 0 Å². The Morgan fingerprint density at radius 1 is 1.00 bits per heavy atom. The number of benzene rings is 2. The van der Waals surface area contributed by atoms with Crippen LogP contribution >= 0.6 is 0 Å². The van der Waals surface area contributed by atoms with Gasteiger partial charge in [0.05, 0.1) is 6.42 Å². The fraction of sp³-hybridized carbons (Fsp3) is 0.435. The first-order valence-electron chi connectivity index (χ1n) is 9.63. The van der Waals surface area contributed by atoms with E-state index in [0.29, 0.717) is 17.6 Å². The third kappa shape index (κ3) is 5.83. The van der Waals surface area contributed by atoms with Gasteiger partial charge in [0.15, 0.2) is 0 Å². The molecule has 0 radical (unpaired) electrons. The van der Waals surface area contributed by atoms with Crippen LogP contribution in [-0.4, -0.2) is 39.7 Å². The average Bonchev–Trinajstić information content (AvgIpc) is 2.60. The quantitative estimate of drug-likeness (QED) is 0.675. The summed E-state index contributed by atoms with van der Waals surface area (Å²) in [7, 11) is 0. The number of carboxylic acid groups (broad SMARTS) is 1. The predicted molar refractivity (Wildman–Crippen MR) is 109 cm³/mol. The van der Waals surface area contributed by atoms with Crippen LogP contribution in [0.15, 0.2) is 48.5 Å². The molecule has 0 amide bonds. The van der Waals surface area contributed by atoms with Gasteiger partial charge in [-0.1, -0.05) is 42.5 Å². The number of carbonyl (C=O) groups is 1. The number of hydrogen-bond acceptors (Lipinski definition) is 3. The van der Waals surface area contributed by atoms with E-state index in [9.17, 15) is 9.90 Å². The molecule has 1 unspecified atom stereocenters. The Hall–Kier alpha value is -2.33. The van der Waals surface area contributed by atoms with Gasteiger partial charge in [0.1, 0.15) is 5.75 Å². The van der Waals surface area contributed by atoms with Crippen LogP contribution in [0.1, 0.15) is 56.7 Å². The SMILES string of the molecule is CC(C)N(CCC(c1ccccc1)c1cc(CC(=O)O)ccc1O)C(C)C. The van der Waals surface area contributed by atoms with Crippen LogP contribution in [0.4, 0.5) is 0 Å². The Balaban J connectivity index is 2.37. The fourth-order valence-electron chi connectivity index (χ4n) is 3.75. The smallest absolute Gasteiger partial charge is 0.307 e. The van der Waals surface area contributed by atoms with Crippen molar-refractivity contribution in [1.29, 1.82) is 0 Å². The second kappa shape index (κ2) is 9.56. The Morgan fingerprint density at radius 3 is 2.19 bits per heavy atom. The molecule has 4 heteroatoms. The lowest BCUT2D eigenvalue weighted by molar-refractivity contribution is -0.136. The molecule has 0 saturated carbocycles. The summed E-state index contributed by atoms with van der Waals surface area (Å²) < 4.78 is 0. The number of hydrogen-bond donors (Lipinski definition) is 2. The normalized spacial score (nSPS) is 12.7. The van der Waals surface area contributed by atoms with E-state index >= 15 is 0 Å². The molecule has 0 heterocycles. The number of phenols is 1. The number of aromatic hydroxyl groups is 1. The van der Waals surface area contributed by atoms with Crippen LogP contribution in [-0.2, 0) is 11.2 Å². The minimum Gasteiger partial charge on any atom is -0.508 e. The zero-order valence-corrected chi connectivity index (χ0v) is 16.7. The molecule has 0 aliphatic carbocycles. The summed E-state index contributed by atoms with van der Waals surface area (Å²) in [5.41, 5.74) is 2.64. The van der Waals surface area contributed by atoms with E-state index in [4.69, 9.17) is 5.11 Å². The number of phenolic OH excluding ortho intramolecular Hbond substituents is 1. The molecular weight excluding hydrogens is 338 g/mol. The zero-order chi connectivity index (χ0) is 20.0. The molecule has 0 bridgehead atoms. The van der Waals surface area contributed by atoms with Crippen molar-refractivity contribution < 1.29 is 15.0 Å². The molecule has 27 heavy (non-hydrogen) atoms. The predicted octanol–water partition coefficient (Wildman–Crippen LogP) is 4.66. The fourth-order valence-corrected chi connectivity index (χ4v) is 3.75. The Kier molecular flexibility index (Phi) is 7.43. The molecule has 2 aromatic carbocycles. The molecule has 2 N–H and O–H groups in total. The van der Waals surface area contributed by atoms with E-state index in [1.54, 1.807) is 12.1 Å². The first kappa shape index (κ1) is 21.0. The monoisotopic (exact) mass is 369 g/mol. The lowest BCUT2D eigenvalue weighted by Gasteiger charge is -2.32. The van der Waals surface area contributed by atoms with Crippen LogP contribution in [0.3, 0.4) is 0 Å². The zero-order valence-electron chi connectivity index (χ0n) is 16.7. The van der Waals surface area contributed by atoms with Crippen molar-refractivity contribution in [3.63, 3.8) is 0 Å². The van der Waals surface area contributed by atoms with Gasteiger partial charge in [0.2, 0.25) is 0 Å². The second-order valence-corrected chi connectivity index (χ2v) is 7.64. The number of nitrogens with zero attached hydrogens (tertiary/aromatic N) is 1. The summed E-state index contributed by atoms with van der Waals surface area (Å²) in [6.45, 7) is 9.69. The van der Waals surface area contributed by atoms with Crippen LogP contribution < -0.4 is 0 Å². The summed E-state index contributed by atoms with van der Waals surface area (Å²) in [5.74, 6) is -0.632. The van der Waals surface area contributed by atoms with Gasteiger partial charge in [-0.05, 0) is 57.9 Å². The maximum atomic E-state index is 11.1. The highest BCUT2D eigenvalue weighted by molar-refractivity contribution is 5.70. The van der Waals surface area contributed by atoms with Crippen molar-refractivity contribution >= 4 is 5.97 Å². The lowest BCUT2D eigenvalue weighted by Crippen LogP contribution is -2.38. The van der Waals surface area contributed by atoms with Gasteiger partial charge in [0.25, 0.3) is 0 Å². The van der Waals surface area contributed by atoms with Crippen molar-refractivity contribution in [2.24, 2.45) is 0 Å². The Labute approximate surface area is 162 Å². The first-order valence-corrected chi connectivity index (χ1v) is 9.63. The molecule has 0 fully saturated rings. The number of carboxylic acids is 1. The van der Waals surface area contributed by atoms with Crippen molar-refractivity contribution in [1.82, 2.24) is 4.90 Å². The number of aliphatic carboxylic acids is 1. The average molecular weight is 370 g/mol. The van der Waals surface area contributed by atoms with E-state index in [2.05, 4.69) is 44.7 Å². The summed E-state index contributed by atoms with van der Waals surface area (Å²) >= 11 is 0. The topological polar surface area (TPSA) is 60.8 Å². The Morgan fingerprint density at radius 2 is 1.63 bits per heavy atom. The van der Waals surface area contributed by atoms with Crippen LogP contribution in [0, 0.1) is 0 Å². The molecule has 2 aromatic rings. The van der Waals surface area contributed by atoms with Gasteiger partial charge in [-0.2, -0.15) is 0 Å². The molecule has 0 saturated heterocycles. The van der Waals surface area contributed by atoms with Crippen molar-refractivity contribution in [3.8, 4) is 5.75 Å². The molecule has 0 aromatic heterocycles. The maximum absolute atomic E-state index is 11.1. The second-order valence-electron chi connectivity index (χ2n) is 7.64. The third-order valence-electron chi connectivity index (χ3n) is 5.03. The lowest BCUT2D eigenvalue weighted by atomic mass is 9.86. The largest absolute Gasteiger partial charge is 0.508 e. The molecule has 0 aliphatic rings. The van der Waals surface area contributed by atoms with E-state index in [0.717, 1.165) is 24.1 Å². The van der Waals surface area contributed by atoms with E-state index in [1.807, 2.05) is 24.3 Å². The van der Waals surface area contributed by atoms with Crippen molar-refractivity contribution in [2.75, 3.05) is 6.54 Å². The van der Waals surface area contributed by atoms with Crippen LogP contribution in [0.25, 0.3) is 0 Å². The standard InChI is InChI=1S/C23H31NO3/c1-16(2)24(17(3)4)13-12-20(19-8-6-5-7-9-19)21-14-18(15-23(26)27)10-11-22(21)25/h5-11,14,16-17,20,25H,12-13,15H2,1-4H3,(H,26,27). The van der Waals surface area contributed by atoms with Gasteiger partial charge in [0, 0.05) is 23.6 Å². The summed E-state index contributed by atoms with van der Waals surface area (Å²) in [4.78, 5) is 13.5. The summed E-state index contributed by atoms with van der Waals surface area (Å²) in [6.07, 6.45) is 0.809. The highest BCUT2D eigenvalue weighted by Crippen LogP contribution is 2.35. The molecule has 4 nitrogen and oxygen atoms in total. The molecule has 0 aliphatic heterocycles. The van der Waals surface area contributed by atoms with E-state index in [-0.39, 0.29) is 18.1 Å². The Bertz CT molecular complexity index is 733. The highest BCUT2D eigenvalue weighted by Gasteiger charge is 2.22. The van der Waals surface area contributed by atoms with Gasteiger partial charge in [-0.3, -0.25) is 9.69 Å². The van der Waals surface area contributed by atoms with Crippen molar-refractivity contribution in [2.45, 2.75) is 58.5 Å². The molecular formula is C23H31NO3. The summed E-state index contributed by atoms with van der Waals surface area (Å²) in [6, 6.07) is 16.2. The molecule has 146 valence electrons. The van der Waals surface area contributed by atoms with Crippen LogP contribution in [0.2, 0.25) is 0 Å². The van der Waals surface area contributed by atoms with Gasteiger partial charge in [-0.25, -0.2) is 0 Å². The third-order valence-corrected chi connectivity index (χ3v) is 5.03. The van der Waals surface area contributed by atoms with E-state index < -0.39 is 5.97 Å². The minimum atomic E-state index is -0.867. The minimum absolute atomic E-state index is 0.0138. The first-order chi connectivity index (χ1) is 12.8. The van der Waals surface area contributed by atoms with E-state index in [1.165, 1.54) is 0 Å². The highest BCUT2D eigenvalue weighted by atomic mass is 16.4.